The number of nitrogens with zero attached hydrogens (tertiary/aromatic N) is 1. The Kier molecular flexibility index (Phi) is 3.79. The molecule has 2 rings (SSSR count). The Morgan fingerprint density at radius 2 is 2.22 bits per heavy atom. The normalized spacial score (nSPS) is 12.4. The first-order valence-corrected chi connectivity index (χ1v) is 5.87. The van der Waals surface area contributed by atoms with Gasteiger partial charge in [-0.05, 0) is 24.1 Å². The molecule has 0 aliphatic heterocycles. The fraction of sp³-hybridized carbons (Fsp3) is 0.231. The van der Waals surface area contributed by atoms with E-state index in [1.54, 1.807) is 6.07 Å². The van der Waals surface area contributed by atoms with E-state index in [1.165, 1.54) is 7.11 Å². The van der Waals surface area contributed by atoms with Gasteiger partial charge in [0.25, 0.3) is 0 Å². The van der Waals surface area contributed by atoms with Gasteiger partial charge >= 0.3 is 5.97 Å². The van der Waals surface area contributed by atoms with Crippen molar-refractivity contribution in [2.45, 2.75) is 12.5 Å². The van der Waals surface area contributed by atoms with Crippen molar-refractivity contribution >= 4 is 28.5 Å². The van der Waals surface area contributed by atoms with Gasteiger partial charge in [0.15, 0.2) is 0 Å². The van der Waals surface area contributed by atoms with Gasteiger partial charge in [-0.2, -0.15) is 0 Å². The summed E-state index contributed by atoms with van der Waals surface area (Å²) in [6.45, 7) is 0. The van der Waals surface area contributed by atoms with E-state index in [-0.39, 0.29) is 0 Å². The molecule has 18 heavy (non-hydrogen) atoms. The Labute approximate surface area is 110 Å². The summed E-state index contributed by atoms with van der Waals surface area (Å²) in [7, 11) is 1.32. The zero-order valence-corrected chi connectivity index (χ0v) is 10.6. The Bertz CT molecular complexity index is 586. The van der Waals surface area contributed by atoms with Gasteiger partial charge in [-0.25, -0.2) is 4.98 Å². The molecule has 5 heteroatoms. The summed E-state index contributed by atoms with van der Waals surface area (Å²) in [5.41, 5.74) is 7.44. The molecule has 1 atom stereocenters. The number of fused-ring (bicyclic) bond motifs is 1. The van der Waals surface area contributed by atoms with Gasteiger partial charge in [0.1, 0.15) is 11.2 Å². The molecule has 0 aliphatic carbocycles. The topological polar surface area (TPSA) is 65.2 Å². The molecule has 0 amide bonds. The monoisotopic (exact) mass is 264 g/mol. The summed E-state index contributed by atoms with van der Waals surface area (Å²) in [4.78, 5) is 15.6. The lowest BCUT2D eigenvalue weighted by Gasteiger charge is -2.11. The Morgan fingerprint density at radius 3 is 2.94 bits per heavy atom. The maximum atomic E-state index is 11.3. The summed E-state index contributed by atoms with van der Waals surface area (Å²) in [6, 6.07) is 8.62. The van der Waals surface area contributed by atoms with Crippen LogP contribution in [0.5, 0.6) is 0 Å². The third-order valence-corrected chi connectivity index (χ3v) is 2.91. The fourth-order valence-electron chi connectivity index (χ4n) is 1.85. The van der Waals surface area contributed by atoms with E-state index in [9.17, 15) is 4.79 Å². The predicted molar refractivity (Wildman–Crippen MR) is 70.4 cm³/mol. The van der Waals surface area contributed by atoms with Crippen LogP contribution in [0.15, 0.2) is 30.3 Å². The van der Waals surface area contributed by atoms with Crippen molar-refractivity contribution in [1.82, 2.24) is 4.98 Å². The number of carbonyl (C=O) groups is 1. The Hall–Kier alpha value is -1.65. The number of methoxy groups -OCH3 is 1. The molecule has 1 aromatic heterocycles. The van der Waals surface area contributed by atoms with Crippen LogP contribution in [0.2, 0.25) is 5.15 Å². The molecule has 0 radical (unpaired) electrons. The number of para-hydroxylation sites is 1. The number of benzene rings is 1. The zero-order chi connectivity index (χ0) is 13.1. The number of rotatable bonds is 3. The Morgan fingerprint density at radius 1 is 1.50 bits per heavy atom. The van der Waals surface area contributed by atoms with E-state index in [0.29, 0.717) is 11.6 Å². The minimum absolute atomic E-state index is 0.370. The third-order valence-electron chi connectivity index (χ3n) is 2.71. The third kappa shape index (κ3) is 2.60. The smallest absolute Gasteiger partial charge is 0.322 e. The van der Waals surface area contributed by atoms with Crippen molar-refractivity contribution in [3.05, 3.63) is 41.0 Å². The average molecular weight is 265 g/mol. The maximum Gasteiger partial charge on any atom is 0.322 e. The lowest BCUT2D eigenvalue weighted by atomic mass is 10.0. The van der Waals surface area contributed by atoms with Crippen LogP contribution in [0.4, 0.5) is 0 Å². The number of nitrogens with two attached hydrogens (primary N) is 1. The van der Waals surface area contributed by atoms with E-state index in [1.807, 2.05) is 24.3 Å². The van der Waals surface area contributed by atoms with Crippen LogP contribution in [-0.2, 0) is 16.0 Å². The largest absolute Gasteiger partial charge is 0.468 e. The maximum absolute atomic E-state index is 11.3. The van der Waals surface area contributed by atoms with Crippen molar-refractivity contribution in [3.8, 4) is 0 Å². The highest BCUT2D eigenvalue weighted by Gasteiger charge is 2.16. The van der Waals surface area contributed by atoms with Gasteiger partial charge in [0.05, 0.1) is 12.6 Å². The SMILES string of the molecule is COC(=O)[C@H](N)Cc1cc(Cl)nc2ccccc12. The van der Waals surface area contributed by atoms with E-state index < -0.39 is 12.0 Å². The van der Waals surface area contributed by atoms with Crippen LogP contribution in [0, 0.1) is 0 Å². The molecule has 0 saturated heterocycles. The first-order valence-electron chi connectivity index (χ1n) is 5.49. The molecule has 0 bridgehead atoms. The van der Waals surface area contributed by atoms with E-state index in [2.05, 4.69) is 9.72 Å². The number of hydrogen-bond acceptors (Lipinski definition) is 4. The highest BCUT2D eigenvalue weighted by molar-refractivity contribution is 6.29. The second-order valence-corrected chi connectivity index (χ2v) is 4.34. The highest BCUT2D eigenvalue weighted by Crippen LogP contribution is 2.21. The lowest BCUT2D eigenvalue weighted by molar-refractivity contribution is -0.142. The summed E-state index contributed by atoms with van der Waals surface area (Å²) >= 11 is 5.95. The van der Waals surface area contributed by atoms with Crippen molar-refractivity contribution in [3.63, 3.8) is 0 Å². The molecular weight excluding hydrogens is 252 g/mol. The number of halogens is 1. The van der Waals surface area contributed by atoms with Gasteiger partial charge in [-0.3, -0.25) is 4.79 Å². The van der Waals surface area contributed by atoms with Crippen molar-refractivity contribution in [2.24, 2.45) is 5.73 Å². The van der Waals surface area contributed by atoms with Crippen LogP contribution in [0.25, 0.3) is 10.9 Å². The second-order valence-electron chi connectivity index (χ2n) is 3.96. The molecule has 0 saturated carbocycles. The van der Waals surface area contributed by atoms with Gasteiger partial charge in [-0.15, -0.1) is 0 Å². The number of ether oxygens (including phenoxy) is 1. The summed E-state index contributed by atoms with van der Waals surface area (Å²) in [6.07, 6.45) is 0.370. The van der Waals surface area contributed by atoms with E-state index in [4.69, 9.17) is 17.3 Å². The molecular formula is C13H13ClN2O2. The number of carbonyl (C=O) groups excluding carboxylic acids is 1. The summed E-state index contributed by atoms with van der Waals surface area (Å²) in [5.74, 6) is -0.438. The molecule has 2 N–H and O–H groups in total. The minimum Gasteiger partial charge on any atom is -0.468 e. The Balaban J connectivity index is 2.41. The highest BCUT2D eigenvalue weighted by atomic mass is 35.5. The van der Waals surface area contributed by atoms with Gasteiger partial charge in [-0.1, -0.05) is 29.8 Å². The molecule has 1 aromatic carbocycles. The first-order chi connectivity index (χ1) is 8.61. The van der Waals surface area contributed by atoms with E-state index in [0.717, 1.165) is 16.5 Å². The first kappa shape index (κ1) is 12.8. The van der Waals surface area contributed by atoms with Crippen molar-refractivity contribution in [2.75, 3.05) is 7.11 Å². The molecule has 0 fully saturated rings. The van der Waals surface area contributed by atoms with E-state index >= 15 is 0 Å². The molecule has 94 valence electrons. The number of aromatic nitrogens is 1. The zero-order valence-electron chi connectivity index (χ0n) is 9.89. The quantitative estimate of drug-likeness (QED) is 0.680. The van der Waals surface area contributed by atoms with Crippen LogP contribution in [0.1, 0.15) is 5.56 Å². The average Bonchev–Trinajstić information content (AvgIpc) is 2.37. The summed E-state index contributed by atoms with van der Waals surface area (Å²) < 4.78 is 4.61. The second kappa shape index (κ2) is 5.33. The van der Waals surface area contributed by atoms with Gasteiger partial charge in [0.2, 0.25) is 0 Å². The van der Waals surface area contributed by atoms with Crippen LogP contribution >= 0.6 is 11.6 Å². The van der Waals surface area contributed by atoms with Crippen LogP contribution < -0.4 is 5.73 Å². The van der Waals surface area contributed by atoms with Gasteiger partial charge in [0, 0.05) is 5.39 Å². The molecule has 0 aliphatic rings. The minimum atomic E-state index is -0.697. The molecule has 0 unspecified atom stereocenters. The lowest BCUT2D eigenvalue weighted by Crippen LogP contribution is -2.33. The van der Waals surface area contributed by atoms with Crippen LogP contribution in [-0.4, -0.2) is 24.1 Å². The molecule has 2 aromatic rings. The number of esters is 1. The van der Waals surface area contributed by atoms with Crippen molar-refractivity contribution in [1.29, 1.82) is 0 Å². The fourth-order valence-corrected chi connectivity index (χ4v) is 2.07. The molecule has 4 nitrogen and oxygen atoms in total. The number of hydrogen-bond donors (Lipinski definition) is 1. The standard InChI is InChI=1S/C13H13ClN2O2/c1-18-13(17)10(15)6-8-7-12(14)16-11-5-3-2-4-9(8)11/h2-5,7,10H,6,15H2,1H3/t10-/m1/s1. The summed E-state index contributed by atoms with van der Waals surface area (Å²) in [5, 5.41) is 1.34. The number of pyridine rings is 1. The predicted octanol–water partition coefficient (Wildman–Crippen LogP) is 1.93. The van der Waals surface area contributed by atoms with Crippen LogP contribution in [0.3, 0.4) is 0 Å². The van der Waals surface area contributed by atoms with Gasteiger partial charge < -0.3 is 10.5 Å². The molecule has 0 spiro atoms. The van der Waals surface area contributed by atoms with Crippen molar-refractivity contribution < 1.29 is 9.53 Å². The molecule has 1 heterocycles.